The normalized spacial score (nSPS) is 15.5. The Bertz CT molecular complexity index is 752. The van der Waals surface area contributed by atoms with Gasteiger partial charge in [-0.05, 0) is 13.0 Å². The molecule has 0 radical (unpaired) electrons. The van der Waals surface area contributed by atoms with Gasteiger partial charge >= 0.3 is 0 Å². The molecule has 1 aromatic heterocycles. The number of nitrogens with one attached hydrogen (secondary N) is 1. The Morgan fingerprint density at radius 1 is 1.29 bits per heavy atom. The number of nitrogens with zero attached hydrogens (tertiary/aromatic N) is 4. The summed E-state index contributed by atoms with van der Waals surface area (Å²) in [6, 6.07) is 9.95. The van der Waals surface area contributed by atoms with Crippen LogP contribution >= 0.6 is 0 Å². The van der Waals surface area contributed by atoms with Crippen LogP contribution in [0.3, 0.4) is 0 Å². The van der Waals surface area contributed by atoms with Gasteiger partial charge in [-0.1, -0.05) is 36.0 Å². The fourth-order valence-electron chi connectivity index (χ4n) is 3.18. The molecule has 1 N–H and O–H groups in total. The quantitative estimate of drug-likeness (QED) is 0.429. The Morgan fingerprint density at radius 2 is 2.11 bits per heavy atom. The van der Waals surface area contributed by atoms with Crippen molar-refractivity contribution in [3.05, 3.63) is 60.5 Å². The van der Waals surface area contributed by atoms with E-state index in [1.54, 1.807) is 12.3 Å². The van der Waals surface area contributed by atoms with E-state index >= 15 is 0 Å². The van der Waals surface area contributed by atoms with E-state index in [4.69, 9.17) is 14.3 Å². The van der Waals surface area contributed by atoms with Crippen LogP contribution in [0.25, 0.3) is 0 Å². The number of piperazine rings is 1. The first-order chi connectivity index (χ1) is 13.8. The van der Waals surface area contributed by atoms with Crippen LogP contribution in [-0.2, 0) is 13.1 Å². The third-order valence-electron chi connectivity index (χ3n) is 4.61. The maximum Gasteiger partial charge on any atom is 0.194 e. The van der Waals surface area contributed by atoms with Gasteiger partial charge in [0, 0.05) is 50.9 Å². The van der Waals surface area contributed by atoms with E-state index in [0.717, 1.165) is 62.2 Å². The summed E-state index contributed by atoms with van der Waals surface area (Å²) >= 11 is 0. The summed E-state index contributed by atoms with van der Waals surface area (Å²) < 4.78 is 10.7. The molecule has 28 heavy (non-hydrogen) atoms. The number of ether oxygens (including phenoxy) is 1. The van der Waals surface area contributed by atoms with Crippen molar-refractivity contribution in [2.45, 2.75) is 20.0 Å². The molecule has 2 heterocycles. The van der Waals surface area contributed by atoms with Gasteiger partial charge < -0.3 is 19.5 Å². The second-order valence-corrected chi connectivity index (χ2v) is 6.63. The highest BCUT2D eigenvalue weighted by molar-refractivity contribution is 5.80. The lowest BCUT2D eigenvalue weighted by Gasteiger charge is -2.36. The lowest BCUT2D eigenvalue weighted by molar-refractivity contribution is 0.169. The van der Waals surface area contributed by atoms with Crippen LogP contribution in [0.4, 0.5) is 0 Å². The molecule has 0 amide bonds. The Morgan fingerprint density at radius 3 is 2.82 bits per heavy atom. The van der Waals surface area contributed by atoms with Crippen molar-refractivity contribution in [1.82, 2.24) is 20.3 Å². The predicted octanol–water partition coefficient (Wildman–Crippen LogP) is 2.52. The predicted molar refractivity (Wildman–Crippen MR) is 110 cm³/mol. The summed E-state index contributed by atoms with van der Waals surface area (Å²) in [7, 11) is 0. The van der Waals surface area contributed by atoms with Crippen LogP contribution in [0.15, 0.2) is 58.8 Å². The molecule has 0 unspecified atom stereocenters. The number of guanidine groups is 1. The van der Waals surface area contributed by atoms with Crippen LogP contribution < -0.4 is 10.1 Å². The zero-order valence-corrected chi connectivity index (χ0v) is 16.5. The van der Waals surface area contributed by atoms with E-state index in [1.807, 2.05) is 24.3 Å². The van der Waals surface area contributed by atoms with Crippen molar-refractivity contribution in [1.29, 1.82) is 0 Å². The summed E-state index contributed by atoms with van der Waals surface area (Å²) in [6.45, 7) is 12.3. The molecule has 0 aliphatic carbocycles. The number of benzene rings is 1. The number of para-hydroxylation sites is 1. The van der Waals surface area contributed by atoms with Crippen molar-refractivity contribution in [3.8, 4) is 5.75 Å². The molecule has 0 spiro atoms. The fourth-order valence-corrected chi connectivity index (χ4v) is 3.18. The summed E-state index contributed by atoms with van der Waals surface area (Å²) in [5.74, 6) is 1.81. The van der Waals surface area contributed by atoms with Gasteiger partial charge in [-0.2, -0.15) is 0 Å². The number of aromatic nitrogens is 1. The number of rotatable bonds is 8. The lowest BCUT2D eigenvalue weighted by Crippen LogP contribution is -2.52. The molecule has 1 aromatic carbocycles. The van der Waals surface area contributed by atoms with E-state index in [2.05, 4.69) is 39.8 Å². The van der Waals surface area contributed by atoms with Gasteiger partial charge in [-0.25, -0.2) is 4.99 Å². The molecule has 3 rings (SSSR count). The number of hydrogen-bond donors (Lipinski definition) is 1. The van der Waals surface area contributed by atoms with E-state index in [0.29, 0.717) is 13.2 Å². The minimum atomic E-state index is 0.494. The van der Waals surface area contributed by atoms with Crippen molar-refractivity contribution in [2.24, 2.45) is 4.99 Å². The standard InChI is InChI=1S/C21H29N5O2/c1-3-14-27-20-8-6-5-7-18(20)16-23-21(22-4-2)26-12-10-25(11-13-26)17-19-9-15-28-24-19/h3,5-9,15H,1,4,10-14,16-17H2,2H3,(H,22,23). The molecule has 7 heteroatoms. The molecular weight excluding hydrogens is 354 g/mol. The van der Waals surface area contributed by atoms with Crippen LogP contribution in [-0.4, -0.2) is 60.2 Å². The fraction of sp³-hybridized carbons (Fsp3) is 0.429. The highest BCUT2D eigenvalue weighted by Crippen LogP contribution is 2.19. The molecule has 0 atom stereocenters. The van der Waals surface area contributed by atoms with Gasteiger partial charge in [-0.3, -0.25) is 4.90 Å². The molecule has 1 aliphatic rings. The van der Waals surface area contributed by atoms with Gasteiger partial charge in [0.2, 0.25) is 0 Å². The monoisotopic (exact) mass is 383 g/mol. The van der Waals surface area contributed by atoms with Gasteiger partial charge in [0.25, 0.3) is 0 Å². The molecule has 7 nitrogen and oxygen atoms in total. The summed E-state index contributed by atoms with van der Waals surface area (Å²) in [4.78, 5) is 9.56. The molecule has 1 aliphatic heterocycles. The first-order valence-corrected chi connectivity index (χ1v) is 9.76. The lowest BCUT2D eigenvalue weighted by atomic mass is 10.2. The molecule has 2 aromatic rings. The zero-order valence-electron chi connectivity index (χ0n) is 16.5. The van der Waals surface area contributed by atoms with Crippen molar-refractivity contribution < 1.29 is 9.26 Å². The number of aliphatic imine (C=N–C) groups is 1. The topological polar surface area (TPSA) is 66.1 Å². The van der Waals surface area contributed by atoms with Crippen molar-refractivity contribution in [3.63, 3.8) is 0 Å². The number of hydrogen-bond acceptors (Lipinski definition) is 5. The van der Waals surface area contributed by atoms with E-state index in [1.165, 1.54) is 0 Å². The van der Waals surface area contributed by atoms with Gasteiger partial charge in [0.1, 0.15) is 18.6 Å². The van der Waals surface area contributed by atoms with Crippen molar-refractivity contribution >= 4 is 5.96 Å². The maximum atomic E-state index is 5.75. The first kappa shape index (κ1) is 19.9. The van der Waals surface area contributed by atoms with Crippen LogP contribution in [0.1, 0.15) is 18.2 Å². The Kier molecular flexibility index (Phi) is 7.49. The Balaban J connectivity index is 1.60. The van der Waals surface area contributed by atoms with Gasteiger partial charge in [-0.15, -0.1) is 0 Å². The molecular formula is C21H29N5O2. The van der Waals surface area contributed by atoms with Crippen LogP contribution in [0.5, 0.6) is 5.75 Å². The van der Waals surface area contributed by atoms with Crippen LogP contribution in [0, 0.1) is 0 Å². The third-order valence-corrected chi connectivity index (χ3v) is 4.61. The van der Waals surface area contributed by atoms with Crippen molar-refractivity contribution in [2.75, 3.05) is 39.3 Å². The van der Waals surface area contributed by atoms with E-state index in [-0.39, 0.29) is 0 Å². The molecule has 0 bridgehead atoms. The zero-order chi connectivity index (χ0) is 19.6. The average molecular weight is 383 g/mol. The first-order valence-electron chi connectivity index (χ1n) is 9.76. The Hall–Kier alpha value is -2.80. The minimum Gasteiger partial charge on any atom is -0.489 e. The SMILES string of the molecule is C=CCOc1ccccc1CN=C(NCC)N1CCN(Cc2ccon2)CC1. The molecule has 150 valence electrons. The average Bonchev–Trinajstić information content (AvgIpc) is 3.24. The second kappa shape index (κ2) is 10.5. The van der Waals surface area contributed by atoms with Gasteiger partial charge in [0.15, 0.2) is 5.96 Å². The molecule has 1 fully saturated rings. The van der Waals surface area contributed by atoms with Gasteiger partial charge in [0.05, 0.1) is 12.2 Å². The second-order valence-electron chi connectivity index (χ2n) is 6.63. The maximum absolute atomic E-state index is 5.75. The van der Waals surface area contributed by atoms with E-state index in [9.17, 15) is 0 Å². The summed E-state index contributed by atoms with van der Waals surface area (Å²) in [5.41, 5.74) is 2.05. The minimum absolute atomic E-state index is 0.494. The molecule has 1 saturated heterocycles. The third kappa shape index (κ3) is 5.60. The van der Waals surface area contributed by atoms with E-state index < -0.39 is 0 Å². The highest BCUT2D eigenvalue weighted by atomic mass is 16.5. The summed E-state index contributed by atoms with van der Waals surface area (Å²) in [5, 5.41) is 7.42. The van der Waals surface area contributed by atoms with Crippen LogP contribution in [0.2, 0.25) is 0 Å². The smallest absolute Gasteiger partial charge is 0.194 e. The highest BCUT2D eigenvalue weighted by Gasteiger charge is 2.20. The Labute approximate surface area is 166 Å². The largest absolute Gasteiger partial charge is 0.489 e. The summed E-state index contributed by atoms with van der Waals surface area (Å²) in [6.07, 6.45) is 3.38. The molecule has 0 saturated carbocycles.